The van der Waals surface area contributed by atoms with Crippen molar-refractivity contribution in [2.24, 2.45) is 0 Å². The standard InChI is InChI=1S/C36H32N6O3/c37-21-28-23-40-33-20-34(45-31-12-16-39-17-13-31)27(22-41-35(43)18-25-10-14-38-15-11-25)19-32(33)36(28)42-29-6-8-30(9-7-29)44-24-26-4-2-1-3-5-26/h1-9,12-13,16-20,23,38H,10-11,14-15,22,24H2,(H,40,42)(H,41,43). The van der Waals surface area contributed by atoms with Gasteiger partial charge in [0.15, 0.2) is 0 Å². The largest absolute Gasteiger partial charge is 0.489 e. The Morgan fingerprint density at radius 3 is 2.51 bits per heavy atom. The van der Waals surface area contributed by atoms with Gasteiger partial charge in [0.1, 0.15) is 29.9 Å². The lowest BCUT2D eigenvalue weighted by molar-refractivity contribution is -0.116. The van der Waals surface area contributed by atoms with E-state index < -0.39 is 0 Å². The van der Waals surface area contributed by atoms with Gasteiger partial charge in [0.25, 0.3) is 0 Å². The number of piperidine rings is 1. The summed E-state index contributed by atoms with van der Waals surface area (Å²) in [6.07, 6.45) is 8.27. The summed E-state index contributed by atoms with van der Waals surface area (Å²) in [5.74, 6) is 1.74. The van der Waals surface area contributed by atoms with Gasteiger partial charge in [0.2, 0.25) is 5.91 Å². The fourth-order valence-corrected chi connectivity index (χ4v) is 5.08. The van der Waals surface area contributed by atoms with Crippen LogP contribution < -0.4 is 25.4 Å². The number of rotatable bonds is 10. The van der Waals surface area contributed by atoms with Crippen LogP contribution in [0.2, 0.25) is 0 Å². The van der Waals surface area contributed by atoms with Crippen LogP contribution >= 0.6 is 0 Å². The molecule has 0 aliphatic carbocycles. The van der Waals surface area contributed by atoms with Crippen LogP contribution in [0, 0.1) is 11.3 Å². The molecule has 45 heavy (non-hydrogen) atoms. The Labute approximate surface area is 261 Å². The maximum Gasteiger partial charge on any atom is 0.244 e. The number of fused-ring (bicyclic) bond motifs is 1. The third kappa shape index (κ3) is 7.63. The van der Waals surface area contributed by atoms with Gasteiger partial charge in [-0.25, -0.2) is 0 Å². The molecule has 224 valence electrons. The lowest BCUT2D eigenvalue weighted by Gasteiger charge is -2.17. The number of hydrogen-bond donors (Lipinski definition) is 3. The van der Waals surface area contributed by atoms with Crippen LogP contribution in [0.1, 0.15) is 29.5 Å². The van der Waals surface area contributed by atoms with E-state index in [1.54, 1.807) is 36.8 Å². The molecule has 0 saturated carbocycles. The Hall–Kier alpha value is -5.72. The Bertz CT molecular complexity index is 1840. The number of nitriles is 1. The first-order valence-corrected chi connectivity index (χ1v) is 14.8. The van der Waals surface area contributed by atoms with E-state index in [1.165, 1.54) is 0 Å². The molecule has 1 saturated heterocycles. The Morgan fingerprint density at radius 2 is 1.76 bits per heavy atom. The third-order valence-corrected chi connectivity index (χ3v) is 7.45. The SMILES string of the molecule is N#Cc1cnc2cc(Oc3ccncc3)c(CNC(=O)C=C3CCNCC3)cc2c1Nc1ccc(OCc2ccccc2)cc1. The molecule has 0 unspecified atom stereocenters. The van der Waals surface area contributed by atoms with Gasteiger partial charge < -0.3 is 25.4 Å². The summed E-state index contributed by atoms with van der Waals surface area (Å²) < 4.78 is 12.2. The van der Waals surface area contributed by atoms with Gasteiger partial charge in [0.05, 0.1) is 16.8 Å². The number of hydrogen-bond acceptors (Lipinski definition) is 8. The zero-order valence-corrected chi connectivity index (χ0v) is 24.6. The van der Waals surface area contributed by atoms with Crippen molar-refractivity contribution in [3.05, 3.63) is 126 Å². The van der Waals surface area contributed by atoms with Crippen LogP contribution in [0.15, 0.2) is 109 Å². The van der Waals surface area contributed by atoms with Crippen molar-refractivity contribution in [2.45, 2.75) is 26.0 Å². The smallest absolute Gasteiger partial charge is 0.244 e. The molecule has 1 aliphatic heterocycles. The van der Waals surface area contributed by atoms with E-state index in [4.69, 9.17) is 9.47 Å². The van der Waals surface area contributed by atoms with E-state index in [0.717, 1.165) is 59.5 Å². The van der Waals surface area contributed by atoms with Crippen molar-refractivity contribution in [3.8, 4) is 23.3 Å². The number of nitrogens with zero attached hydrogens (tertiary/aromatic N) is 3. The maximum atomic E-state index is 12.8. The number of amides is 1. The molecule has 3 heterocycles. The van der Waals surface area contributed by atoms with Gasteiger partial charge in [-0.3, -0.25) is 14.8 Å². The lowest BCUT2D eigenvalue weighted by atomic mass is 10.0. The molecular weight excluding hydrogens is 564 g/mol. The van der Waals surface area contributed by atoms with Gasteiger partial charge in [-0.1, -0.05) is 35.9 Å². The quantitative estimate of drug-likeness (QED) is 0.155. The van der Waals surface area contributed by atoms with Crippen molar-refractivity contribution in [1.29, 1.82) is 5.26 Å². The predicted molar refractivity (Wildman–Crippen MR) is 173 cm³/mol. The average molecular weight is 597 g/mol. The number of pyridine rings is 2. The molecule has 9 heteroatoms. The number of anilines is 2. The molecule has 3 N–H and O–H groups in total. The summed E-state index contributed by atoms with van der Waals surface area (Å²) in [5, 5.41) is 20.4. The molecule has 0 spiro atoms. The van der Waals surface area contributed by atoms with E-state index in [9.17, 15) is 10.1 Å². The summed E-state index contributed by atoms with van der Waals surface area (Å²) in [6.45, 7) is 2.45. The minimum Gasteiger partial charge on any atom is -0.489 e. The Balaban J connectivity index is 1.28. The molecule has 0 atom stereocenters. The van der Waals surface area contributed by atoms with Crippen LogP contribution in [-0.2, 0) is 17.9 Å². The molecule has 3 aromatic carbocycles. The van der Waals surface area contributed by atoms with Crippen molar-refractivity contribution >= 4 is 28.2 Å². The zero-order valence-electron chi connectivity index (χ0n) is 24.6. The summed E-state index contributed by atoms with van der Waals surface area (Å²) >= 11 is 0. The van der Waals surface area contributed by atoms with Crippen molar-refractivity contribution in [2.75, 3.05) is 18.4 Å². The van der Waals surface area contributed by atoms with Crippen LogP contribution in [0.3, 0.4) is 0 Å². The number of carbonyl (C=O) groups excluding carboxylic acids is 1. The van der Waals surface area contributed by atoms with Crippen LogP contribution in [0.4, 0.5) is 11.4 Å². The van der Waals surface area contributed by atoms with Gasteiger partial charge in [-0.05, 0) is 74.0 Å². The minimum atomic E-state index is -0.154. The highest BCUT2D eigenvalue weighted by Gasteiger charge is 2.16. The molecule has 0 bridgehead atoms. The van der Waals surface area contributed by atoms with E-state index >= 15 is 0 Å². The topological polar surface area (TPSA) is 121 Å². The highest BCUT2D eigenvalue weighted by atomic mass is 16.5. The molecule has 2 aromatic heterocycles. The average Bonchev–Trinajstić information content (AvgIpc) is 3.08. The number of ether oxygens (including phenoxy) is 2. The van der Waals surface area contributed by atoms with Crippen LogP contribution in [-0.4, -0.2) is 29.0 Å². The highest BCUT2D eigenvalue weighted by molar-refractivity contribution is 5.97. The minimum absolute atomic E-state index is 0.154. The molecular formula is C36H32N6O3. The highest BCUT2D eigenvalue weighted by Crippen LogP contribution is 2.35. The lowest BCUT2D eigenvalue weighted by Crippen LogP contribution is -2.25. The van der Waals surface area contributed by atoms with E-state index in [1.807, 2.05) is 66.7 Å². The monoisotopic (exact) mass is 596 g/mol. The molecule has 1 aliphatic rings. The molecule has 0 radical (unpaired) electrons. The molecule has 5 aromatic rings. The Kier molecular flexibility index (Phi) is 9.24. The van der Waals surface area contributed by atoms with E-state index in [2.05, 4.69) is 32.0 Å². The van der Waals surface area contributed by atoms with Crippen molar-refractivity contribution in [1.82, 2.24) is 20.6 Å². The second-order valence-electron chi connectivity index (χ2n) is 10.6. The third-order valence-electron chi connectivity index (χ3n) is 7.45. The maximum absolute atomic E-state index is 12.8. The number of carbonyl (C=O) groups is 1. The van der Waals surface area contributed by atoms with Gasteiger partial charge in [-0.15, -0.1) is 0 Å². The first-order chi connectivity index (χ1) is 22.1. The summed E-state index contributed by atoms with van der Waals surface area (Å²) in [4.78, 5) is 21.5. The molecule has 6 rings (SSSR count). The molecule has 1 fully saturated rings. The van der Waals surface area contributed by atoms with Crippen LogP contribution in [0.5, 0.6) is 17.2 Å². The van der Waals surface area contributed by atoms with Gasteiger partial charge in [0, 0.05) is 53.9 Å². The van der Waals surface area contributed by atoms with Crippen LogP contribution in [0.25, 0.3) is 10.9 Å². The van der Waals surface area contributed by atoms with Gasteiger partial charge >= 0.3 is 0 Å². The molecule has 1 amide bonds. The second kappa shape index (κ2) is 14.2. The summed E-state index contributed by atoms with van der Waals surface area (Å²) in [6, 6.07) is 27.1. The Morgan fingerprint density at radius 1 is 0.978 bits per heavy atom. The fourth-order valence-electron chi connectivity index (χ4n) is 5.08. The van der Waals surface area contributed by atoms with E-state index in [-0.39, 0.29) is 12.5 Å². The number of nitrogens with one attached hydrogen (secondary N) is 3. The first-order valence-electron chi connectivity index (χ1n) is 14.8. The van der Waals surface area contributed by atoms with Gasteiger partial charge in [-0.2, -0.15) is 5.26 Å². The first kappa shape index (κ1) is 29.4. The summed E-state index contributed by atoms with van der Waals surface area (Å²) in [5.41, 5.74) is 5.37. The normalized spacial score (nSPS) is 12.6. The zero-order chi connectivity index (χ0) is 30.8. The number of aromatic nitrogens is 2. The van der Waals surface area contributed by atoms with E-state index in [0.29, 0.717) is 34.9 Å². The van der Waals surface area contributed by atoms with Crippen molar-refractivity contribution in [3.63, 3.8) is 0 Å². The molecule has 9 nitrogen and oxygen atoms in total. The summed E-state index contributed by atoms with van der Waals surface area (Å²) in [7, 11) is 0. The predicted octanol–water partition coefficient (Wildman–Crippen LogP) is 6.54. The van der Waals surface area contributed by atoms with Crippen molar-refractivity contribution < 1.29 is 14.3 Å². The fraction of sp³-hybridized carbons (Fsp3) is 0.167. The number of benzene rings is 3. The second-order valence-corrected chi connectivity index (χ2v) is 10.6.